The zero-order valence-electron chi connectivity index (χ0n) is 16.0. The summed E-state index contributed by atoms with van der Waals surface area (Å²) in [5.41, 5.74) is 4.03. The van der Waals surface area contributed by atoms with Crippen LogP contribution in [0.1, 0.15) is 10.4 Å². The molecule has 0 spiro atoms. The molecule has 0 radical (unpaired) electrons. The topological polar surface area (TPSA) is 99.2 Å². The number of azo groups is 2. The van der Waals surface area contributed by atoms with Gasteiger partial charge in [0.25, 0.3) is 0 Å². The highest BCUT2D eigenvalue weighted by Crippen LogP contribution is 2.25. The molecule has 0 atom stereocenters. The first-order valence-electron chi connectivity index (χ1n) is 9.37. The summed E-state index contributed by atoms with van der Waals surface area (Å²) in [6.45, 7) is 2.28. The molecule has 1 saturated heterocycles. The number of aromatic carboxylic acids is 1. The summed E-state index contributed by atoms with van der Waals surface area (Å²) >= 11 is 0. The second-order valence-corrected chi connectivity index (χ2v) is 6.59. The number of ether oxygens (including phenoxy) is 1. The molecule has 8 nitrogen and oxygen atoms in total. The molecule has 3 aromatic rings. The Morgan fingerprint density at radius 2 is 1.17 bits per heavy atom. The van der Waals surface area contributed by atoms with Crippen molar-refractivity contribution in [2.75, 3.05) is 24.8 Å². The molecule has 30 heavy (non-hydrogen) atoms. The molecule has 0 bridgehead atoms. The number of anilines is 1. The van der Waals surface area contributed by atoms with Crippen molar-refractivity contribution in [2.24, 2.45) is 20.5 Å². The number of nitrogens with zero attached hydrogens (tertiary/aromatic N) is 5. The van der Waals surface area contributed by atoms with Crippen molar-refractivity contribution in [1.29, 1.82) is 0 Å². The maximum atomic E-state index is 10.9. The van der Waals surface area contributed by atoms with Crippen molar-refractivity contribution < 1.29 is 14.6 Å². The molecule has 150 valence electrons. The highest BCUT2D eigenvalue weighted by molar-refractivity contribution is 5.87. The molecule has 0 aliphatic carbocycles. The molecule has 1 aliphatic rings. The molecular weight excluding hydrogens is 382 g/mol. The lowest BCUT2D eigenvalue weighted by Gasteiger charge is -2.15. The van der Waals surface area contributed by atoms with Gasteiger partial charge in [0, 0.05) is 12.2 Å². The number of hydrogen-bond acceptors (Lipinski definition) is 7. The van der Waals surface area contributed by atoms with Crippen LogP contribution < -0.4 is 4.90 Å². The predicted molar refractivity (Wildman–Crippen MR) is 113 cm³/mol. The van der Waals surface area contributed by atoms with Crippen LogP contribution in [0.2, 0.25) is 0 Å². The fraction of sp³-hybridized carbons (Fsp3) is 0.136. The Morgan fingerprint density at radius 3 is 1.57 bits per heavy atom. The highest BCUT2D eigenvalue weighted by Gasteiger charge is 2.11. The van der Waals surface area contributed by atoms with Gasteiger partial charge in [0.15, 0.2) is 0 Å². The van der Waals surface area contributed by atoms with Gasteiger partial charge < -0.3 is 14.7 Å². The van der Waals surface area contributed by atoms with E-state index in [1.807, 2.05) is 24.3 Å². The van der Waals surface area contributed by atoms with Gasteiger partial charge in [-0.15, -0.1) is 0 Å². The zero-order valence-corrected chi connectivity index (χ0v) is 16.0. The van der Waals surface area contributed by atoms with Crippen molar-refractivity contribution in [3.63, 3.8) is 0 Å². The maximum absolute atomic E-state index is 10.9. The van der Waals surface area contributed by atoms with Gasteiger partial charge in [0.05, 0.1) is 34.9 Å². The summed E-state index contributed by atoms with van der Waals surface area (Å²) in [6, 6.07) is 21.3. The fourth-order valence-corrected chi connectivity index (χ4v) is 2.84. The first kappa shape index (κ1) is 19.4. The predicted octanol–water partition coefficient (Wildman–Crippen LogP) is 6.01. The molecule has 3 aromatic carbocycles. The first-order valence-corrected chi connectivity index (χ1v) is 9.37. The van der Waals surface area contributed by atoms with E-state index in [1.54, 1.807) is 36.4 Å². The molecule has 0 saturated carbocycles. The van der Waals surface area contributed by atoms with Crippen molar-refractivity contribution in [3.8, 4) is 0 Å². The van der Waals surface area contributed by atoms with Crippen LogP contribution in [0, 0.1) is 0 Å². The maximum Gasteiger partial charge on any atom is 0.335 e. The first-order chi connectivity index (χ1) is 14.7. The van der Waals surface area contributed by atoms with Crippen LogP contribution in [0.5, 0.6) is 0 Å². The largest absolute Gasteiger partial charge is 0.478 e. The van der Waals surface area contributed by atoms with Crippen LogP contribution in [-0.4, -0.2) is 31.0 Å². The van der Waals surface area contributed by atoms with Gasteiger partial charge in [-0.05, 0) is 72.8 Å². The Balaban J connectivity index is 1.36. The van der Waals surface area contributed by atoms with Gasteiger partial charge >= 0.3 is 5.97 Å². The van der Waals surface area contributed by atoms with Gasteiger partial charge in [-0.2, -0.15) is 20.5 Å². The lowest BCUT2D eigenvalue weighted by Crippen LogP contribution is -2.17. The summed E-state index contributed by atoms with van der Waals surface area (Å²) in [4.78, 5) is 13.0. The van der Waals surface area contributed by atoms with E-state index in [2.05, 4.69) is 25.4 Å². The number of carboxylic acid groups (broad SMARTS) is 1. The summed E-state index contributed by atoms with van der Waals surface area (Å²) in [5.74, 6) is -0.972. The van der Waals surface area contributed by atoms with Crippen LogP contribution in [0.25, 0.3) is 0 Å². The molecule has 4 rings (SSSR count). The second-order valence-electron chi connectivity index (χ2n) is 6.59. The van der Waals surface area contributed by atoms with Crippen molar-refractivity contribution in [1.82, 2.24) is 0 Å². The highest BCUT2D eigenvalue weighted by atomic mass is 16.5. The van der Waals surface area contributed by atoms with Crippen LogP contribution >= 0.6 is 0 Å². The Bertz CT molecular complexity index is 1060. The molecule has 0 unspecified atom stereocenters. The summed E-state index contributed by atoms with van der Waals surface area (Å²) < 4.78 is 5.36. The van der Waals surface area contributed by atoms with Crippen LogP contribution in [0.3, 0.4) is 0 Å². The van der Waals surface area contributed by atoms with Crippen molar-refractivity contribution in [3.05, 3.63) is 78.4 Å². The fourth-order valence-electron chi connectivity index (χ4n) is 2.84. The second kappa shape index (κ2) is 9.06. The average Bonchev–Trinajstić information content (AvgIpc) is 3.33. The van der Waals surface area contributed by atoms with E-state index in [4.69, 9.17) is 9.84 Å². The molecule has 1 heterocycles. The number of carbonyl (C=O) groups is 1. The van der Waals surface area contributed by atoms with Gasteiger partial charge in [0.2, 0.25) is 0 Å². The SMILES string of the molecule is O=C(O)c1ccc(N=Nc2ccc(N=Nc3ccc(N4CCOC4)cc3)cc2)cc1. The van der Waals surface area contributed by atoms with E-state index in [0.29, 0.717) is 23.8 Å². The number of benzene rings is 3. The number of rotatable bonds is 6. The Kier molecular flexibility index (Phi) is 5.86. The monoisotopic (exact) mass is 401 g/mol. The minimum Gasteiger partial charge on any atom is -0.478 e. The van der Waals surface area contributed by atoms with E-state index in [1.165, 1.54) is 12.1 Å². The average molecular weight is 401 g/mol. The van der Waals surface area contributed by atoms with E-state index >= 15 is 0 Å². The third-order valence-corrected chi connectivity index (χ3v) is 4.49. The molecule has 0 amide bonds. The van der Waals surface area contributed by atoms with E-state index in [-0.39, 0.29) is 5.56 Å². The molecule has 8 heteroatoms. The van der Waals surface area contributed by atoms with Gasteiger partial charge in [-0.3, -0.25) is 0 Å². The molecule has 1 fully saturated rings. The van der Waals surface area contributed by atoms with E-state index in [0.717, 1.165) is 24.5 Å². The summed E-state index contributed by atoms with van der Waals surface area (Å²) in [6.07, 6.45) is 0. The summed E-state index contributed by atoms with van der Waals surface area (Å²) in [7, 11) is 0. The van der Waals surface area contributed by atoms with Gasteiger partial charge in [-0.25, -0.2) is 4.79 Å². The van der Waals surface area contributed by atoms with Crippen LogP contribution in [0.4, 0.5) is 28.4 Å². The third-order valence-electron chi connectivity index (χ3n) is 4.49. The Labute approximate surface area is 173 Å². The van der Waals surface area contributed by atoms with Crippen LogP contribution in [-0.2, 0) is 4.74 Å². The molecule has 0 aromatic heterocycles. The Hall–Kier alpha value is -3.91. The van der Waals surface area contributed by atoms with Crippen LogP contribution in [0.15, 0.2) is 93.3 Å². The number of carboxylic acids is 1. The smallest absolute Gasteiger partial charge is 0.335 e. The lowest BCUT2D eigenvalue weighted by atomic mass is 10.2. The van der Waals surface area contributed by atoms with E-state index < -0.39 is 5.97 Å². The van der Waals surface area contributed by atoms with Gasteiger partial charge in [0.1, 0.15) is 6.73 Å². The number of hydrogen-bond donors (Lipinski definition) is 1. The normalized spacial score (nSPS) is 14.1. The standard InChI is InChI=1S/C22H19N5O3/c28-22(29)16-1-3-17(4-2-16)23-24-18-5-7-19(8-6-18)25-26-20-9-11-21(12-10-20)27-13-14-30-15-27/h1-12H,13-15H2,(H,28,29). The minimum atomic E-state index is -0.972. The third kappa shape index (κ3) is 4.92. The molecular formula is C22H19N5O3. The minimum absolute atomic E-state index is 0.211. The van der Waals surface area contributed by atoms with E-state index in [9.17, 15) is 4.79 Å². The molecule has 1 aliphatic heterocycles. The van der Waals surface area contributed by atoms with Gasteiger partial charge in [-0.1, -0.05) is 0 Å². The van der Waals surface area contributed by atoms with Crippen molar-refractivity contribution >= 4 is 34.4 Å². The lowest BCUT2D eigenvalue weighted by molar-refractivity contribution is 0.0697. The summed E-state index contributed by atoms with van der Waals surface area (Å²) in [5, 5.41) is 25.7. The quantitative estimate of drug-likeness (QED) is 0.511. The van der Waals surface area contributed by atoms with Crippen molar-refractivity contribution in [2.45, 2.75) is 0 Å². The molecule has 1 N–H and O–H groups in total. The Morgan fingerprint density at radius 1 is 0.733 bits per heavy atom. The zero-order chi connectivity index (χ0) is 20.8.